The first-order valence-corrected chi connectivity index (χ1v) is 7.34. The van der Waals surface area contributed by atoms with Crippen LogP contribution in [0, 0.1) is 0 Å². The van der Waals surface area contributed by atoms with Gasteiger partial charge in [0, 0.05) is 18.7 Å². The first kappa shape index (κ1) is 17.4. The molecule has 0 aromatic heterocycles. The normalized spacial score (nSPS) is 10.2. The fourth-order valence-electron chi connectivity index (χ4n) is 1.93. The van der Waals surface area contributed by atoms with Gasteiger partial charge in [0.15, 0.2) is 17.2 Å². The van der Waals surface area contributed by atoms with E-state index in [1.165, 1.54) is 0 Å². The fraction of sp³-hybridized carbons (Fsp3) is 0.125. The monoisotopic (exact) mass is 350 g/mol. The lowest BCUT2D eigenvalue weighted by Crippen LogP contribution is -2.34. The van der Waals surface area contributed by atoms with Crippen LogP contribution in [0.25, 0.3) is 0 Å². The van der Waals surface area contributed by atoms with E-state index in [1.807, 2.05) is 0 Å². The Morgan fingerprint density at radius 2 is 1.46 bits per heavy atom. The number of nitrogens with one attached hydrogen (secondary N) is 2. The summed E-state index contributed by atoms with van der Waals surface area (Å²) >= 11 is 5.91. The number of rotatable bonds is 5. The zero-order chi connectivity index (χ0) is 17.7. The van der Waals surface area contributed by atoms with Gasteiger partial charge in [0.2, 0.25) is 0 Å². The summed E-state index contributed by atoms with van der Waals surface area (Å²) < 4.78 is 0. The van der Waals surface area contributed by atoms with Crippen LogP contribution in [-0.2, 0) is 0 Å². The Morgan fingerprint density at radius 3 is 2.04 bits per heavy atom. The van der Waals surface area contributed by atoms with E-state index in [1.54, 1.807) is 24.3 Å². The van der Waals surface area contributed by atoms with E-state index in [0.717, 1.165) is 12.1 Å². The number of phenolic OH excluding ortho intramolecular Hbond substituents is 3. The Bertz CT molecular complexity index is 756. The van der Waals surface area contributed by atoms with Gasteiger partial charge in [-0.05, 0) is 24.3 Å². The van der Waals surface area contributed by atoms with Gasteiger partial charge >= 0.3 is 0 Å². The van der Waals surface area contributed by atoms with Gasteiger partial charge < -0.3 is 26.0 Å². The molecule has 8 heteroatoms. The van der Waals surface area contributed by atoms with E-state index in [0.29, 0.717) is 10.6 Å². The molecular weight excluding hydrogens is 336 g/mol. The summed E-state index contributed by atoms with van der Waals surface area (Å²) in [6, 6.07) is 8.62. The van der Waals surface area contributed by atoms with E-state index in [2.05, 4.69) is 10.6 Å². The molecule has 126 valence electrons. The SMILES string of the molecule is O=C(NCCNC(=O)c1ccccc1Cl)c1cc(O)c(O)c(O)c1. The Balaban J connectivity index is 1.85. The molecule has 0 saturated heterocycles. The number of aromatic hydroxyl groups is 3. The third-order valence-electron chi connectivity index (χ3n) is 3.15. The molecule has 0 bridgehead atoms. The summed E-state index contributed by atoms with van der Waals surface area (Å²) in [5.41, 5.74) is 0.305. The third-order valence-corrected chi connectivity index (χ3v) is 3.48. The van der Waals surface area contributed by atoms with Crippen molar-refractivity contribution in [1.82, 2.24) is 10.6 Å². The van der Waals surface area contributed by atoms with Crippen LogP contribution in [0.2, 0.25) is 5.02 Å². The van der Waals surface area contributed by atoms with Gasteiger partial charge in [0.25, 0.3) is 11.8 Å². The van der Waals surface area contributed by atoms with Gasteiger partial charge in [-0.1, -0.05) is 23.7 Å². The van der Waals surface area contributed by atoms with Gasteiger partial charge in [-0.3, -0.25) is 9.59 Å². The quantitative estimate of drug-likeness (QED) is 0.414. The second-order valence-electron chi connectivity index (χ2n) is 4.85. The minimum atomic E-state index is -0.696. The average Bonchev–Trinajstić information content (AvgIpc) is 2.56. The zero-order valence-corrected chi connectivity index (χ0v) is 13.2. The largest absolute Gasteiger partial charge is 0.504 e. The fourth-order valence-corrected chi connectivity index (χ4v) is 2.15. The summed E-state index contributed by atoms with van der Waals surface area (Å²) in [6.45, 7) is 0.281. The Kier molecular flexibility index (Phi) is 5.49. The highest BCUT2D eigenvalue weighted by molar-refractivity contribution is 6.33. The van der Waals surface area contributed by atoms with Crippen LogP contribution in [0.3, 0.4) is 0 Å². The number of carbonyl (C=O) groups is 2. The molecule has 0 unspecified atom stereocenters. The Labute approximate surface area is 142 Å². The predicted molar refractivity (Wildman–Crippen MR) is 87.6 cm³/mol. The summed E-state index contributed by atoms with van der Waals surface area (Å²) in [4.78, 5) is 23.8. The molecule has 5 N–H and O–H groups in total. The van der Waals surface area contributed by atoms with Crippen LogP contribution in [0.1, 0.15) is 20.7 Å². The minimum absolute atomic E-state index is 0.0276. The summed E-state index contributed by atoms with van der Waals surface area (Å²) in [5, 5.41) is 33.4. The van der Waals surface area contributed by atoms with E-state index in [4.69, 9.17) is 11.6 Å². The van der Waals surface area contributed by atoms with Crippen LogP contribution in [0.4, 0.5) is 0 Å². The van der Waals surface area contributed by atoms with Crippen LogP contribution in [0.15, 0.2) is 36.4 Å². The van der Waals surface area contributed by atoms with E-state index in [-0.39, 0.29) is 24.6 Å². The van der Waals surface area contributed by atoms with Crippen molar-refractivity contribution in [2.45, 2.75) is 0 Å². The standard InChI is InChI=1S/C16H15ClN2O5/c17-11-4-2-1-3-10(11)16(24)19-6-5-18-15(23)9-7-12(20)14(22)13(21)8-9/h1-4,7-8,20-22H,5-6H2,(H,18,23)(H,19,24). The van der Waals surface area contributed by atoms with Crippen LogP contribution in [0.5, 0.6) is 17.2 Å². The molecule has 0 fully saturated rings. The van der Waals surface area contributed by atoms with Crippen molar-refractivity contribution in [1.29, 1.82) is 0 Å². The van der Waals surface area contributed by atoms with Crippen LogP contribution >= 0.6 is 11.6 Å². The van der Waals surface area contributed by atoms with Gasteiger partial charge in [0.05, 0.1) is 10.6 Å². The highest BCUT2D eigenvalue weighted by Crippen LogP contribution is 2.35. The Morgan fingerprint density at radius 1 is 0.917 bits per heavy atom. The van der Waals surface area contributed by atoms with Crippen molar-refractivity contribution in [2.24, 2.45) is 0 Å². The van der Waals surface area contributed by atoms with Crippen molar-refractivity contribution >= 4 is 23.4 Å². The zero-order valence-electron chi connectivity index (χ0n) is 12.4. The number of phenols is 3. The molecule has 0 aliphatic heterocycles. The lowest BCUT2D eigenvalue weighted by atomic mass is 10.1. The molecular formula is C16H15ClN2O5. The van der Waals surface area contributed by atoms with Crippen molar-refractivity contribution in [3.63, 3.8) is 0 Å². The number of amides is 2. The minimum Gasteiger partial charge on any atom is -0.504 e. The molecule has 2 aromatic carbocycles. The molecule has 2 amide bonds. The molecule has 0 radical (unpaired) electrons. The summed E-state index contributed by atoms with van der Waals surface area (Å²) in [5.74, 6) is -2.85. The van der Waals surface area contributed by atoms with E-state index >= 15 is 0 Å². The highest BCUT2D eigenvalue weighted by Gasteiger charge is 2.13. The van der Waals surface area contributed by atoms with Crippen molar-refractivity contribution in [3.05, 3.63) is 52.5 Å². The number of carbonyl (C=O) groups excluding carboxylic acids is 2. The average molecular weight is 351 g/mol. The molecule has 0 aliphatic carbocycles. The number of hydrogen-bond acceptors (Lipinski definition) is 5. The first-order chi connectivity index (χ1) is 11.4. The third kappa shape index (κ3) is 4.08. The maximum absolute atomic E-state index is 11.9. The molecule has 7 nitrogen and oxygen atoms in total. The molecule has 24 heavy (non-hydrogen) atoms. The molecule has 0 atom stereocenters. The lowest BCUT2D eigenvalue weighted by Gasteiger charge is -2.09. The van der Waals surface area contributed by atoms with Gasteiger partial charge in [-0.25, -0.2) is 0 Å². The second kappa shape index (κ2) is 7.56. The molecule has 0 saturated carbocycles. The van der Waals surface area contributed by atoms with E-state index < -0.39 is 23.2 Å². The number of benzene rings is 2. The molecule has 2 aromatic rings. The second-order valence-corrected chi connectivity index (χ2v) is 5.26. The lowest BCUT2D eigenvalue weighted by molar-refractivity contribution is 0.0927. The predicted octanol–water partition coefficient (Wildman–Crippen LogP) is 1.62. The summed E-state index contributed by atoms with van der Waals surface area (Å²) in [7, 11) is 0. The highest BCUT2D eigenvalue weighted by atomic mass is 35.5. The van der Waals surface area contributed by atoms with Crippen LogP contribution < -0.4 is 10.6 Å². The molecule has 0 aliphatic rings. The van der Waals surface area contributed by atoms with Gasteiger partial charge in [-0.15, -0.1) is 0 Å². The maximum Gasteiger partial charge on any atom is 0.252 e. The molecule has 2 rings (SSSR count). The number of halogens is 1. The Hall–Kier alpha value is -2.93. The topological polar surface area (TPSA) is 119 Å². The van der Waals surface area contributed by atoms with Gasteiger partial charge in [0.1, 0.15) is 0 Å². The molecule has 0 spiro atoms. The van der Waals surface area contributed by atoms with Crippen molar-refractivity contribution in [3.8, 4) is 17.2 Å². The molecule has 0 heterocycles. The number of hydrogen-bond donors (Lipinski definition) is 5. The summed E-state index contributed by atoms with van der Waals surface area (Å²) in [6.07, 6.45) is 0. The maximum atomic E-state index is 11.9. The van der Waals surface area contributed by atoms with Crippen LogP contribution in [-0.4, -0.2) is 40.2 Å². The van der Waals surface area contributed by atoms with E-state index in [9.17, 15) is 24.9 Å². The van der Waals surface area contributed by atoms with Crippen molar-refractivity contribution in [2.75, 3.05) is 13.1 Å². The van der Waals surface area contributed by atoms with Crippen molar-refractivity contribution < 1.29 is 24.9 Å². The first-order valence-electron chi connectivity index (χ1n) is 6.96. The van der Waals surface area contributed by atoms with Gasteiger partial charge in [-0.2, -0.15) is 0 Å². The smallest absolute Gasteiger partial charge is 0.252 e.